The van der Waals surface area contributed by atoms with Crippen molar-refractivity contribution in [2.24, 2.45) is 0 Å². The average molecular weight is 448 g/mol. The van der Waals surface area contributed by atoms with Crippen LogP contribution < -0.4 is 0 Å². The molecule has 0 aliphatic heterocycles. The SMILES string of the molecule is CCCCCCCCCCCCCCCCCCN(C)C.FC1(F)C(F)(F)C1(F)F. The fraction of sp³-hybridized carbons (Fsp3) is 1.00. The normalized spacial score (nSPS) is 18.2. The molecule has 1 aliphatic carbocycles. The Morgan fingerprint density at radius 1 is 0.433 bits per heavy atom. The third-order valence-corrected chi connectivity index (χ3v) is 5.58. The number of halogens is 6. The van der Waals surface area contributed by atoms with Gasteiger partial charge in [-0.05, 0) is 27.1 Å². The van der Waals surface area contributed by atoms with Crippen LogP contribution in [0.1, 0.15) is 110 Å². The van der Waals surface area contributed by atoms with Crippen LogP contribution >= 0.6 is 0 Å². The van der Waals surface area contributed by atoms with E-state index < -0.39 is 17.8 Å². The quantitative estimate of drug-likeness (QED) is 0.159. The fourth-order valence-electron chi connectivity index (χ4n) is 3.33. The van der Waals surface area contributed by atoms with Gasteiger partial charge in [-0.25, -0.2) is 0 Å². The Balaban J connectivity index is 0.000000769. The summed E-state index contributed by atoms with van der Waals surface area (Å²) >= 11 is 0. The molecule has 0 unspecified atom stereocenters. The van der Waals surface area contributed by atoms with Gasteiger partial charge in [0.2, 0.25) is 0 Å². The lowest BCUT2D eigenvalue weighted by Gasteiger charge is -2.08. The molecular formula is C23H43F6N. The maximum atomic E-state index is 11.2. The third-order valence-electron chi connectivity index (χ3n) is 5.58. The summed E-state index contributed by atoms with van der Waals surface area (Å²) in [5, 5.41) is 0. The van der Waals surface area contributed by atoms with E-state index in [9.17, 15) is 26.3 Å². The van der Waals surface area contributed by atoms with Gasteiger partial charge in [0.25, 0.3) is 0 Å². The zero-order valence-corrected chi connectivity index (χ0v) is 19.2. The summed E-state index contributed by atoms with van der Waals surface area (Å²) < 4.78 is 67.1. The van der Waals surface area contributed by atoms with E-state index in [1.54, 1.807) is 0 Å². The molecule has 1 aliphatic rings. The van der Waals surface area contributed by atoms with E-state index in [1.165, 1.54) is 109 Å². The number of unbranched alkanes of at least 4 members (excludes halogenated alkanes) is 15. The molecule has 0 aromatic rings. The van der Waals surface area contributed by atoms with Crippen molar-refractivity contribution >= 4 is 0 Å². The Labute approximate surface area is 180 Å². The highest BCUT2D eigenvalue weighted by Crippen LogP contribution is 2.68. The molecule has 0 aromatic heterocycles. The van der Waals surface area contributed by atoms with Gasteiger partial charge >= 0.3 is 17.8 Å². The molecule has 0 amide bonds. The minimum atomic E-state index is -5.12. The molecule has 0 N–H and O–H groups in total. The predicted molar refractivity (Wildman–Crippen MR) is 113 cm³/mol. The van der Waals surface area contributed by atoms with Crippen LogP contribution in [-0.2, 0) is 0 Å². The maximum absolute atomic E-state index is 11.2. The third kappa shape index (κ3) is 10.7. The molecule has 0 spiro atoms. The van der Waals surface area contributed by atoms with E-state index in [1.807, 2.05) is 0 Å². The highest BCUT2D eigenvalue weighted by molar-refractivity contribution is 5.22. The van der Waals surface area contributed by atoms with E-state index in [2.05, 4.69) is 25.9 Å². The van der Waals surface area contributed by atoms with Crippen LogP contribution in [0.3, 0.4) is 0 Å². The Hall–Kier alpha value is -0.460. The molecule has 1 rings (SSSR count). The van der Waals surface area contributed by atoms with Gasteiger partial charge in [0.05, 0.1) is 0 Å². The molecule has 0 aromatic carbocycles. The van der Waals surface area contributed by atoms with Crippen molar-refractivity contribution in [3.63, 3.8) is 0 Å². The lowest BCUT2D eigenvalue weighted by atomic mass is 10.0. The first-order chi connectivity index (χ1) is 14.0. The zero-order valence-electron chi connectivity index (χ0n) is 19.2. The van der Waals surface area contributed by atoms with Crippen molar-refractivity contribution in [1.29, 1.82) is 0 Å². The monoisotopic (exact) mass is 447 g/mol. The van der Waals surface area contributed by atoms with Crippen LogP contribution in [0, 0.1) is 0 Å². The topological polar surface area (TPSA) is 3.24 Å². The Morgan fingerprint density at radius 2 is 0.667 bits per heavy atom. The standard InChI is InChI=1S/C20H43N.C3F6/c1-4-5-6-7-8-9-10-11-12-13-14-15-16-17-18-19-20-21(2)3;4-1(5)2(6,7)3(1,8)9/h4-20H2,1-3H3;. The van der Waals surface area contributed by atoms with Gasteiger partial charge in [-0.1, -0.05) is 103 Å². The van der Waals surface area contributed by atoms with Gasteiger partial charge in [-0.15, -0.1) is 0 Å². The van der Waals surface area contributed by atoms with Crippen LogP contribution in [-0.4, -0.2) is 43.3 Å². The second-order valence-corrected chi connectivity index (χ2v) is 8.83. The Bertz CT molecular complexity index is 372. The number of rotatable bonds is 17. The minimum absolute atomic E-state index is 1.26. The van der Waals surface area contributed by atoms with Crippen molar-refractivity contribution in [3.8, 4) is 0 Å². The Morgan fingerprint density at radius 3 is 0.867 bits per heavy atom. The molecule has 0 heterocycles. The van der Waals surface area contributed by atoms with Crippen molar-refractivity contribution < 1.29 is 26.3 Å². The maximum Gasteiger partial charge on any atom is 0.385 e. The summed E-state index contributed by atoms with van der Waals surface area (Å²) in [7, 11) is 4.34. The molecule has 0 saturated heterocycles. The number of alkyl halides is 6. The van der Waals surface area contributed by atoms with Gasteiger partial charge in [0, 0.05) is 0 Å². The van der Waals surface area contributed by atoms with Gasteiger partial charge < -0.3 is 4.90 Å². The lowest BCUT2D eigenvalue weighted by Crippen LogP contribution is -2.12. The van der Waals surface area contributed by atoms with Crippen molar-refractivity contribution in [3.05, 3.63) is 0 Å². The van der Waals surface area contributed by atoms with Crippen LogP contribution in [0.15, 0.2) is 0 Å². The number of nitrogens with zero attached hydrogens (tertiary/aromatic N) is 1. The molecule has 1 fully saturated rings. The van der Waals surface area contributed by atoms with E-state index >= 15 is 0 Å². The number of hydrogen-bond acceptors (Lipinski definition) is 1. The summed E-state index contributed by atoms with van der Waals surface area (Å²) in [6.07, 6.45) is 23.3. The smallest absolute Gasteiger partial charge is 0.309 e. The second-order valence-electron chi connectivity index (χ2n) is 8.83. The fourth-order valence-corrected chi connectivity index (χ4v) is 3.33. The van der Waals surface area contributed by atoms with E-state index in [0.29, 0.717) is 0 Å². The first kappa shape index (κ1) is 29.5. The van der Waals surface area contributed by atoms with Crippen molar-refractivity contribution in [2.75, 3.05) is 20.6 Å². The average Bonchev–Trinajstić information content (AvgIpc) is 2.95. The summed E-state index contributed by atoms with van der Waals surface area (Å²) in [5.41, 5.74) is 0. The van der Waals surface area contributed by atoms with Gasteiger partial charge in [-0.2, -0.15) is 26.3 Å². The van der Waals surface area contributed by atoms with E-state index in [0.717, 1.165) is 0 Å². The number of hydrogen-bond donors (Lipinski definition) is 0. The van der Waals surface area contributed by atoms with Crippen molar-refractivity contribution in [1.82, 2.24) is 4.90 Å². The molecule has 1 nitrogen and oxygen atoms in total. The first-order valence-corrected chi connectivity index (χ1v) is 11.8. The van der Waals surface area contributed by atoms with Crippen LogP contribution in [0.25, 0.3) is 0 Å². The summed E-state index contributed by atoms with van der Waals surface area (Å²) in [4.78, 5) is 2.30. The van der Waals surface area contributed by atoms with Crippen LogP contribution in [0.5, 0.6) is 0 Å². The molecule has 1 saturated carbocycles. The second kappa shape index (κ2) is 15.4. The van der Waals surface area contributed by atoms with Crippen molar-refractivity contribution in [2.45, 2.75) is 127 Å². The molecule has 0 radical (unpaired) electrons. The summed E-state index contributed by atoms with van der Waals surface area (Å²) in [6.45, 7) is 3.56. The van der Waals surface area contributed by atoms with Crippen LogP contribution in [0.2, 0.25) is 0 Å². The molecule has 30 heavy (non-hydrogen) atoms. The zero-order chi connectivity index (χ0) is 23.1. The lowest BCUT2D eigenvalue weighted by molar-refractivity contribution is -0.0278. The molecule has 0 bridgehead atoms. The van der Waals surface area contributed by atoms with Gasteiger partial charge in [0.1, 0.15) is 0 Å². The molecule has 182 valence electrons. The first-order valence-electron chi connectivity index (χ1n) is 11.8. The van der Waals surface area contributed by atoms with Gasteiger partial charge in [-0.3, -0.25) is 0 Å². The predicted octanol–water partition coefficient (Wildman–Crippen LogP) is 8.72. The van der Waals surface area contributed by atoms with Gasteiger partial charge in [0.15, 0.2) is 0 Å². The van der Waals surface area contributed by atoms with E-state index in [-0.39, 0.29) is 0 Å². The summed E-state index contributed by atoms with van der Waals surface area (Å²) in [5.74, 6) is -15.4. The molecular weight excluding hydrogens is 404 g/mol. The molecule has 7 heteroatoms. The Kier molecular flexibility index (Phi) is 15.1. The minimum Gasteiger partial charge on any atom is -0.309 e. The van der Waals surface area contributed by atoms with Crippen LogP contribution in [0.4, 0.5) is 26.3 Å². The highest BCUT2D eigenvalue weighted by Gasteiger charge is 3.01. The highest BCUT2D eigenvalue weighted by atomic mass is 19.4. The molecule has 0 atom stereocenters. The van der Waals surface area contributed by atoms with E-state index in [4.69, 9.17) is 0 Å². The summed E-state index contributed by atoms with van der Waals surface area (Å²) in [6, 6.07) is 0. The largest absolute Gasteiger partial charge is 0.385 e.